The molecule has 0 aromatic heterocycles. The Morgan fingerprint density at radius 2 is 1.64 bits per heavy atom. The predicted molar refractivity (Wildman–Crippen MR) is 49.4 cm³/mol. The van der Waals surface area contributed by atoms with E-state index < -0.39 is 7.37 Å². The molecule has 0 heterocycles. The van der Waals surface area contributed by atoms with Crippen molar-refractivity contribution in [2.45, 2.75) is 45.7 Å². The summed E-state index contributed by atoms with van der Waals surface area (Å²) >= 11 is 0. The molecule has 2 nitrogen and oxygen atoms in total. The fourth-order valence-corrected chi connectivity index (χ4v) is 2.88. The zero-order chi connectivity index (χ0) is 9.12. The summed E-state index contributed by atoms with van der Waals surface area (Å²) in [6, 6.07) is 0. The van der Waals surface area contributed by atoms with Gasteiger partial charge in [0.15, 0.2) is 0 Å². The lowest BCUT2D eigenvalue weighted by molar-refractivity contribution is 0.416. The SMILES string of the molecule is CCC(C)(CC)P(=O)(O)CC. The van der Waals surface area contributed by atoms with Gasteiger partial charge in [0.2, 0.25) is 7.37 Å². The number of hydrogen-bond donors (Lipinski definition) is 1. The Bertz CT molecular complexity index is 161. The molecule has 0 rings (SSSR count). The molecule has 0 fully saturated rings. The molecule has 0 spiro atoms. The molecule has 0 amide bonds. The second-order valence-electron chi connectivity index (χ2n) is 3.22. The van der Waals surface area contributed by atoms with Gasteiger partial charge < -0.3 is 4.89 Å². The average molecular weight is 178 g/mol. The summed E-state index contributed by atoms with van der Waals surface area (Å²) < 4.78 is 11.6. The van der Waals surface area contributed by atoms with E-state index in [1.807, 2.05) is 20.8 Å². The van der Waals surface area contributed by atoms with Gasteiger partial charge in [-0.2, -0.15) is 0 Å². The van der Waals surface area contributed by atoms with Crippen LogP contribution in [0.2, 0.25) is 0 Å². The van der Waals surface area contributed by atoms with Gasteiger partial charge in [0, 0.05) is 11.3 Å². The number of hydrogen-bond acceptors (Lipinski definition) is 1. The third kappa shape index (κ3) is 2.07. The van der Waals surface area contributed by atoms with Gasteiger partial charge in [-0.25, -0.2) is 0 Å². The van der Waals surface area contributed by atoms with Gasteiger partial charge >= 0.3 is 0 Å². The fraction of sp³-hybridized carbons (Fsp3) is 1.00. The van der Waals surface area contributed by atoms with E-state index in [4.69, 9.17) is 0 Å². The molecular weight excluding hydrogens is 159 g/mol. The van der Waals surface area contributed by atoms with E-state index in [1.54, 1.807) is 6.92 Å². The van der Waals surface area contributed by atoms with E-state index in [9.17, 15) is 9.46 Å². The highest BCUT2D eigenvalue weighted by Gasteiger charge is 2.38. The summed E-state index contributed by atoms with van der Waals surface area (Å²) in [5, 5.41) is -0.359. The average Bonchev–Trinajstić information content (AvgIpc) is 2.02. The lowest BCUT2D eigenvalue weighted by atomic mass is 10.1. The molecule has 1 unspecified atom stereocenters. The minimum atomic E-state index is -2.90. The smallest absolute Gasteiger partial charge is 0.206 e. The topological polar surface area (TPSA) is 37.3 Å². The second-order valence-corrected chi connectivity index (χ2v) is 6.34. The van der Waals surface area contributed by atoms with Gasteiger partial charge in [0.1, 0.15) is 0 Å². The molecule has 0 bridgehead atoms. The van der Waals surface area contributed by atoms with Crippen LogP contribution in [-0.4, -0.2) is 16.2 Å². The van der Waals surface area contributed by atoms with Crippen LogP contribution in [0.25, 0.3) is 0 Å². The van der Waals surface area contributed by atoms with Crippen LogP contribution in [0.5, 0.6) is 0 Å². The second kappa shape index (κ2) is 3.73. The molecule has 0 aliphatic rings. The Morgan fingerprint density at radius 1 is 1.27 bits per heavy atom. The van der Waals surface area contributed by atoms with Crippen molar-refractivity contribution in [3.63, 3.8) is 0 Å². The normalized spacial score (nSPS) is 17.9. The molecule has 68 valence electrons. The van der Waals surface area contributed by atoms with Crippen LogP contribution in [0.3, 0.4) is 0 Å². The van der Waals surface area contributed by atoms with Crippen molar-refractivity contribution in [1.29, 1.82) is 0 Å². The highest BCUT2D eigenvalue weighted by Crippen LogP contribution is 2.57. The summed E-state index contributed by atoms with van der Waals surface area (Å²) in [6.07, 6.45) is 1.96. The largest absolute Gasteiger partial charge is 0.344 e. The minimum Gasteiger partial charge on any atom is -0.344 e. The number of rotatable bonds is 4. The summed E-state index contributed by atoms with van der Waals surface area (Å²) in [6.45, 7) is 7.63. The molecule has 1 N–H and O–H groups in total. The van der Waals surface area contributed by atoms with Crippen molar-refractivity contribution in [3.8, 4) is 0 Å². The minimum absolute atomic E-state index is 0.359. The van der Waals surface area contributed by atoms with Crippen molar-refractivity contribution in [2.75, 3.05) is 6.16 Å². The van der Waals surface area contributed by atoms with Gasteiger partial charge in [0.05, 0.1) is 0 Å². The molecule has 1 atom stereocenters. The van der Waals surface area contributed by atoms with Crippen molar-refractivity contribution in [3.05, 3.63) is 0 Å². The van der Waals surface area contributed by atoms with Crippen molar-refractivity contribution >= 4 is 7.37 Å². The molecule has 0 aliphatic carbocycles. The Labute approximate surface area is 69.5 Å². The first-order valence-corrected chi connectivity index (χ1v) is 6.10. The van der Waals surface area contributed by atoms with Crippen LogP contribution >= 0.6 is 7.37 Å². The molecule has 3 heteroatoms. The van der Waals surface area contributed by atoms with Crippen LogP contribution < -0.4 is 0 Å². The third-order valence-corrected chi connectivity index (χ3v) is 5.97. The van der Waals surface area contributed by atoms with E-state index >= 15 is 0 Å². The molecule has 0 aromatic rings. The quantitative estimate of drug-likeness (QED) is 0.672. The zero-order valence-electron chi connectivity index (χ0n) is 7.92. The van der Waals surface area contributed by atoms with Crippen LogP contribution in [-0.2, 0) is 4.57 Å². The van der Waals surface area contributed by atoms with E-state index in [2.05, 4.69) is 0 Å². The Hall–Kier alpha value is 0.190. The van der Waals surface area contributed by atoms with E-state index in [1.165, 1.54) is 0 Å². The maximum Gasteiger partial charge on any atom is 0.206 e. The van der Waals surface area contributed by atoms with Crippen molar-refractivity contribution in [2.24, 2.45) is 0 Å². The molecule has 0 aliphatic heterocycles. The highest BCUT2D eigenvalue weighted by atomic mass is 31.2. The molecular formula is C8H19O2P. The van der Waals surface area contributed by atoms with E-state index in [-0.39, 0.29) is 5.16 Å². The van der Waals surface area contributed by atoms with Gasteiger partial charge in [-0.05, 0) is 12.8 Å². The van der Waals surface area contributed by atoms with E-state index in [0.29, 0.717) is 6.16 Å². The summed E-state index contributed by atoms with van der Waals surface area (Å²) in [7, 11) is -2.90. The highest BCUT2D eigenvalue weighted by molar-refractivity contribution is 7.59. The molecule has 0 aromatic carbocycles. The van der Waals surface area contributed by atoms with E-state index in [0.717, 1.165) is 12.8 Å². The fourth-order valence-electron chi connectivity index (χ4n) is 1.13. The van der Waals surface area contributed by atoms with Gasteiger partial charge in [-0.1, -0.05) is 27.7 Å². The van der Waals surface area contributed by atoms with Crippen molar-refractivity contribution < 1.29 is 9.46 Å². The lowest BCUT2D eigenvalue weighted by Crippen LogP contribution is -2.23. The summed E-state index contributed by atoms with van der Waals surface area (Å²) in [5.41, 5.74) is 0. The maximum absolute atomic E-state index is 11.6. The molecule has 0 saturated carbocycles. The zero-order valence-corrected chi connectivity index (χ0v) is 8.82. The maximum atomic E-state index is 11.6. The first-order valence-electron chi connectivity index (χ1n) is 4.25. The van der Waals surface area contributed by atoms with Crippen LogP contribution in [0.1, 0.15) is 40.5 Å². The van der Waals surface area contributed by atoms with Gasteiger partial charge in [-0.3, -0.25) is 4.57 Å². The van der Waals surface area contributed by atoms with Crippen LogP contribution in [0.15, 0.2) is 0 Å². The Kier molecular flexibility index (Phi) is 3.79. The van der Waals surface area contributed by atoms with Crippen LogP contribution in [0.4, 0.5) is 0 Å². The summed E-state index contributed by atoms with van der Waals surface area (Å²) in [4.78, 5) is 9.60. The first-order chi connectivity index (χ1) is 4.93. The lowest BCUT2D eigenvalue weighted by Gasteiger charge is -2.31. The molecule has 11 heavy (non-hydrogen) atoms. The summed E-state index contributed by atoms with van der Waals surface area (Å²) in [5.74, 6) is 0. The van der Waals surface area contributed by atoms with Crippen molar-refractivity contribution in [1.82, 2.24) is 0 Å². The molecule has 0 saturated heterocycles. The standard InChI is InChI=1S/C8H19O2P/c1-5-8(4,6-2)11(9,10)7-3/h5-7H2,1-4H3,(H,9,10). The Morgan fingerprint density at radius 3 is 1.73 bits per heavy atom. The first kappa shape index (κ1) is 11.2. The van der Waals surface area contributed by atoms with Gasteiger partial charge in [-0.15, -0.1) is 0 Å². The Balaban J connectivity index is 4.62. The van der Waals surface area contributed by atoms with Crippen LogP contribution in [0, 0.1) is 0 Å². The van der Waals surface area contributed by atoms with Gasteiger partial charge in [0.25, 0.3) is 0 Å². The monoisotopic (exact) mass is 178 g/mol. The molecule has 0 radical (unpaired) electrons. The predicted octanol–water partition coefficient (Wildman–Crippen LogP) is 2.86. The third-order valence-electron chi connectivity index (χ3n) is 2.80.